The van der Waals surface area contributed by atoms with E-state index in [1.54, 1.807) is 12.1 Å². The van der Waals surface area contributed by atoms with Crippen molar-refractivity contribution in [1.82, 2.24) is 9.97 Å². The van der Waals surface area contributed by atoms with Crippen LogP contribution in [0.5, 0.6) is 0 Å². The molecule has 4 nitrogen and oxygen atoms in total. The number of benzene rings is 2. The summed E-state index contributed by atoms with van der Waals surface area (Å²) in [7, 11) is 0. The molecule has 0 unspecified atom stereocenters. The molecule has 2 aromatic carbocycles. The van der Waals surface area contributed by atoms with Crippen LogP contribution in [0.3, 0.4) is 0 Å². The Morgan fingerprint density at radius 3 is 2.68 bits per heavy atom. The molecule has 1 amide bonds. The number of rotatable bonds is 6. The Morgan fingerprint density at radius 2 is 1.88 bits per heavy atom. The number of nitrogens with zero attached hydrogens (tertiary/aromatic N) is 2. The van der Waals surface area contributed by atoms with Crippen LogP contribution >= 0.6 is 23.4 Å². The molecule has 3 rings (SSSR count). The summed E-state index contributed by atoms with van der Waals surface area (Å²) in [5.41, 5.74) is 1.53. The molecule has 0 fully saturated rings. The molecular formula is C19H18ClN3OS. The fourth-order valence-corrected chi connectivity index (χ4v) is 3.44. The van der Waals surface area contributed by atoms with Gasteiger partial charge in [-0.3, -0.25) is 4.79 Å². The molecule has 0 aliphatic heterocycles. The highest BCUT2D eigenvalue weighted by Gasteiger charge is 2.11. The lowest BCUT2D eigenvalue weighted by atomic mass is 10.2. The third-order valence-electron chi connectivity index (χ3n) is 3.58. The maximum atomic E-state index is 12.3. The van der Waals surface area contributed by atoms with Crippen molar-refractivity contribution in [3.05, 3.63) is 59.4 Å². The van der Waals surface area contributed by atoms with Gasteiger partial charge >= 0.3 is 0 Å². The topological polar surface area (TPSA) is 54.9 Å². The standard InChI is InChI=1S/C19H18ClN3OS/c1-2-7-17-21-15-10-5-3-8-13(15)19(23-17)25-12-18(24)22-16-11-6-4-9-14(16)20/h3-6,8-11H,2,7,12H2,1H3,(H,22,24). The van der Waals surface area contributed by atoms with Gasteiger partial charge in [0.25, 0.3) is 0 Å². The van der Waals surface area contributed by atoms with Crippen molar-refractivity contribution in [2.75, 3.05) is 11.1 Å². The Kier molecular flexibility index (Phi) is 5.89. The van der Waals surface area contributed by atoms with Crippen molar-refractivity contribution in [2.24, 2.45) is 0 Å². The van der Waals surface area contributed by atoms with E-state index in [9.17, 15) is 4.79 Å². The molecule has 25 heavy (non-hydrogen) atoms. The maximum absolute atomic E-state index is 12.3. The average Bonchev–Trinajstić information content (AvgIpc) is 2.62. The summed E-state index contributed by atoms with van der Waals surface area (Å²) in [5, 5.41) is 5.17. The summed E-state index contributed by atoms with van der Waals surface area (Å²) in [6.45, 7) is 2.10. The molecule has 0 atom stereocenters. The Labute approximate surface area is 156 Å². The number of fused-ring (bicyclic) bond motifs is 1. The molecule has 6 heteroatoms. The smallest absolute Gasteiger partial charge is 0.234 e. The highest BCUT2D eigenvalue weighted by atomic mass is 35.5. The Bertz CT molecular complexity index is 901. The van der Waals surface area contributed by atoms with E-state index in [1.807, 2.05) is 36.4 Å². The Balaban J connectivity index is 1.76. The number of para-hydroxylation sites is 2. The first kappa shape index (κ1) is 17.7. The summed E-state index contributed by atoms with van der Waals surface area (Å²) in [5.74, 6) is 0.964. The molecule has 0 aliphatic carbocycles. The fraction of sp³-hybridized carbons (Fsp3) is 0.211. The van der Waals surface area contributed by atoms with E-state index in [2.05, 4.69) is 22.2 Å². The quantitative estimate of drug-likeness (QED) is 0.491. The highest BCUT2D eigenvalue weighted by Crippen LogP contribution is 2.26. The Morgan fingerprint density at radius 1 is 1.12 bits per heavy atom. The molecule has 1 aromatic heterocycles. The summed E-state index contributed by atoms with van der Waals surface area (Å²) in [4.78, 5) is 21.5. The van der Waals surface area contributed by atoms with Crippen LogP contribution in [-0.2, 0) is 11.2 Å². The normalized spacial score (nSPS) is 10.8. The predicted molar refractivity (Wildman–Crippen MR) is 104 cm³/mol. The van der Waals surface area contributed by atoms with Crippen molar-refractivity contribution in [2.45, 2.75) is 24.8 Å². The number of carbonyl (C=O) groups excluding carboxylic acids is 1. The number of halogens is 1. The lowest BCUT2D eigenvalue weighted by Gasteiger charge is -2.09. The summed E-state index contributed by atoms with van der Waals surface area (Å²) in [6.07, 6.45) is 1.81. The predicted octanol–water partition coefficient (Wildman–Crippen LogP) is 4.97. The summed E-state index contributed by atoms with van der Waals surface area (Å²) in [6, 6.07) is 15.1. The van der Waals surface area contributed by atoms with Crippen LogP contribution in [0.25, 0.3) is 10.9 Å². The van der Waals surface area contributed by atoms with Crippen LogP contribution in [0, 0.1) is 0 Å². The zero-order valence-corrected chi connectivity index (χ0v) is 15.4. The molecule has 0 saturated carbocycles. The Hall–Kier alpha value is -2.11. The third-order valence-corrected chi connectivity index (χ3v) is 4.90. The second-order valence-electron chi connectivity index (χ2n) is 5.53. The van der Waals surface area contributed by atoms with E-state index >= 15 is 0 Å². The number of carbonyl (C=O) groups is 1. The van der Waals surface area contributed by atoms with E-state index < -0.39 is 0 Å². The minimum absolute atomic E-state index is 0.113. The van der Waals surface area contributed by atoms with Gasteiger partial charge < -0.3 is 5.32 Å². The van der Waals surface area contributed by atoms with E-state index in [-0.39, 0.29) is 11.7 Å². The van der Waals surface area contributed by atoms with Gasteiger partial charge in [0.2, 0.25) is 5.91 Å². The van der Waals surface area contributed by atoms with Crippen LogP contribution in [0.2, 0.25) is 5.02 Å². The van der Waals surface area contributed by atoms with E-state index in [1.165, 1.54) is 11.8 Å². The number of thioether (sulfide) groups is 1. The third kappa shape index (κ3) is 4.50. The number of amides is 1. The monoisotopic (exact) mass is 371 g/mol. The van der Waals surface area contributed by atoms with Crippen LogP contribution in [0.15, 0.2) is 53.6 Å². The van der Waals surface area contributed by atoms with Crippen molar-refractivity contribution in [3.63, 3.8) is 0 Å². The van der Waals surface area contributed by atoms with Crippen molar-refractivity contribution in [3.8, 4) is 0 Å². The number of hydrogen-bond acceptors (Lipinski definition) is 4. The minimum Gasteiger partial charge on any atom is -0.324 e. The SMILES string of the molecule is CCCc1nc(SCC(=O)Nc2ccccc2Cl)c2ccccc2n1. The van der Waals surface area contributed by atoms with Gasteiger partial charge in [-0.05, 0) is 24.6 Å². The van der Waals surface area contributed by atoms with E-state index in [0.717, 1.165) is 34.6 Å². The zero-order valence-electron chi connectivity index (χ0n) is 13.8. The fourth-order valence-electron chi connectivity index (χ4n) is 2.42. The minimum atomic E-state index is -0.113. The van der Waals surface area contributed by atoms with Gasteiger partial charge in [-0.2, -0.15) is 0 Å². The first-order chi connectivity index (χ1) is 12.2. The molecule has 1 heterocycles. The summed E-state index contributed by atoms with van der Waals surface area (Å²) >= 11 is 7.49. The molecule has 0 bridgehead atoms. The number of hydrogen-bond donors (Lipinski definition) is 1. The van der Waals surface area contributed by atoms with Crippen molar-refractivity contribution >= 4 is 45.9 Å². The molecule has 1 N–H and O–H groups in total. The first-order valence-electron chi connectivity index (χ1n) is 8.10. The number of anilines is 1. The van der Waals surface area contributed by atoms with E-state index in [0.29, 0.717) is 10.7 Å². The molecule has 0 radical (unpaired) electrons. The molecular weight excluding hydrogens is 354 g/mol. The lowest BCUT2D eigenvalue weighted by Crippen LogP contribution is -2.14. The molecule has 0 aliphatic rings. The van der Waals surface area contributed by atoms with Gasteiger partial charge in [0.05, 0.1) is 22.0 Å². The van der Waals surface area contributed by atoms with Gasteiger partial charge in [0.1, 0.15) is 10.9 Å². The molecule has 3 aromatic rings. The van der Waals surface area contributed by atoms with Gasteiger partial charge in [0, 0.05) is 11.8 Å². The second-order valence-corrected chi connectivity index (χ2v) is 6.90. The van der Waals surface area contributed by atoms with Crippen LogP contribution in [0.1, 0.15) is 19.2 Å². The first-order valence-corrected chi connectivity index (χ1v) is 9.46. The van der Waals surface area contributed by atoms with Crippen LogP contribution in [0.4, 0.5) is 5.69 Å². The number of nitrogens with one attached hydrogen (secondary N) is 1. The number of aryl methyl sites for hydroxylation is 1. The molecule has 0 spiro atoms. The van der Waals surface area contributed by atoms with Crippen LogP contribution < -0.4 is 5.32 Å². The van der Waals surface area contributed by atoms with Gasteiger partial charge in [-0.15, -0.1) is 0 Å². The molecule has 0 saturated heterocycles. The van der Waals surface area contributed by atoms with Crippen molar-refractivity contribution < 1.29 is 4.79 Å². The largest absolute Gasteiger partial charge is 0.324 e. The van der Waals surface area contributed by atoms with Gasteiger partial charge in [-0.1, -0.05) is 60.6 Å². The maximum Gasteiger partial charge on any atom is 0.234 e. The van der Waals surface area contributed by atoms with Crippen molar-refractivity contribution in [1.29, 1.82) is 0 Å². The highest BCUT2D eigenvalue weighted by molar-refractivity contribution is 8.00. The van der Waals surface area contributed by atoms with E-state index in [4.69, 9.17) is 11.6 Å². The van der Waals surface area contributed by atoms with Crippen LogP contribution in [-0.4, -0.2) is 21.6 Å². The molecule has 128 valence electrons. The van der Waals surface area contributed by atoms with Gasteiger partial charge in [-0.25, -0.2) is 9.97 Å². The average molecular weight is 372 g/mol. The zero-order chi connectivity index (χ0) is 17.6. The summed E-state index contributed by atoms with van der Waals surface area (Å²) < 4.78 is 0. The lowest BCUT2D eigenvalue weighted by molar-refractivity contribution is -0.113. The van der Waals surface area contributed by atoms with Gasteiger partial charge in [0.15, 0.2) is 0 Å². The number of aromatic nitrogens is 2. The second kappa shape index (κ2) is 8.32.